The van der Waals surface area contributed by atoms with Gasteiger partial charge in [0.2, 0.25) is 11.8 Å². The van der Waals surface area contributed by atoms with Crippen LogP contribution in [0.3, 0.4) is 0 Å². The van der Waals surface area contributed by atoms with Crippen LogP contribution in [0.25, 0.3) is 0 Å². The highest BCUT2D eigenvalue weighted by Gasteiger charge is 2.26. The monoisotopic (exact) mass is 474 g/mol. The Kier molecular flexibility index (Phi) is 9.09. The van der Waals surface area contributed by atoms with Crippen molar-refractivity contribution in [3.63, 3.8) is 0 Å². The molecule has 2 rings (SSSR count). The second kappa shape index (κ2) is 11.1. The third-order valence-electron chi connectivity index (χ3n) is 4.39. The Morgan fingerprint density at radius 1 is 0.931 bits per heavy atom. The second-order valence-corrected chi connectivity index (χ2v) is 8.29. The predicted molar refractivity (Wildman–Crippen MR) is 120 cm³/mol. The molecule has 29 heavy (non-hydrogen) atoms. The number of benzene rings is 2. The van der Waals surface area contributed by atoms with Crippen molar-refractivity contribution in [3.05, 3.63) is 67.6 Å². The Balaban J connectivity index is 2.26. The second-order valence-electron chi connectivity index (χ2n) is 6.66. The minimum absolute atomic E-state index is 0.0869. The van der Waals surface area contributed by atoms with Crippen LogP contribution >= 0.6 is 46.4 Å². The van der Waals surface area contributed by atoms with E-state index < -0.39 is 6.04 Å². The van der Waals surface area contributed by atoms with Gasteiger partial charge in [-0.1, -0.05) is 65.5 Å². The number of hydrogen-bond donors (Lipinski definition) is 1. The lowest BCUT2D eigenvalue weighted by atomic mass is 10.1. The highest BCUT2D eigenvalue weighted by molar-refractivity contribution is 6.42. The Morgan fingerprint density at radius 3 is 2.03 bits per heavy atom. The predicted octanol–water partition coefficient (Wildman–Crippen LogP) is 5.79. The lowest BCUT2D eigenvalue weighted by molar-refractivity contribution is -0.140. The molecule has 2 aromatic rings. The molecular weight excluding hydrogens is 454 g/mol. The molecule has 0 aliphatic rings. The van der Waals surface area contributed by atoms with Crippen LogP contribution in [0, 0.1) is 0 Å². The summed E-state index contributed by atoms with van der Waals surface area (Å²) < 4.78 is 0. The van der Waals surface area contributed by atoms with Crippen LogP contribution in [0.2, 0.25) is 20.1 Å². The van der Waals surface area contributed by atoms with Gasteiger partial charge >= 0.3 is 0 Å². The first kappa shape index (κ1) is 23.8. The molecule has 2 aromatic carbocycles. The average Bonchev–Trinajstić information content (AvgIpc) is 2.69. The minimum atomic E-state index is -0.661. The van der Waals surface area contributed by atoms with Crippen molar-refractivity contribution in [1.29, 1.82) is 0 Å². The maximum absolute atomic E-state index is 13.1. The van der Waals surface area contributed by atoms with E-state index in [-0.39, 0.29) is 24.8 Å². The zero-order valence-corrected chi connectivity index (χ0v) is 19.2. The quantitative estimate of drug-likeness (QED) is 0.525. The lowest BCUT2D eigenvalue weighted by Gasteiger charge is -2.29. The molecule has 4 nitrogen and oxygen atoms in total. The van der Waals surface area contributed by atoms with Crippen molar-refractivity contribution >= 4 is 58.2 Å². The average molecular weight is 476 g/mol. The van der Waals surface area contributed by atoms with Gasteiger partial charge in [-0.2, -0.15) is 0 Å². The molecule has 156 valence electrons. The fourth-order valence-electron chi connectivity index (χ4n) is 2.74. The topological polar surface area (TPSA) is 49.4 Å². The number of amides is 2. The van der Waals surface area contributed by atoms with Gasteiger partial charge in [0.05, 0.1) is 26.5 Å². The van der Waals surface area contributed by atoms with Crippen LogP contribution in [0.1, 0.15) is 31.4 Å². The first-order valence-corrected chi connectivity index (χ1v) is 10.7. The number of carbonyl (C=O) groups excluding carboxylic acids is 2. The molecule has 8 heteroatoms. The molecule has 2 amide bonds. The van der Waals surface area contributed by atoms with Crippen LogP contribution < -0.4 is 5.32 Å². The summed E-state index contributed by atoms with van der Waals surface area (Å²) in [6.07, 6.45) is 0.895. The summed E-state index contributed by atoms with van der Waals surface area (Å²) in [4.78, 5) is 27.1. The molecular formula is C21H22Cl4N2O2. The molecule has 0 aliphatic carbocycles. The van der Waals surface area contributed by atoms with Crippen molar-refractivity contribution in [2.75, 3.05) is 6.54 Å². The number of nitrogens with one attached hydrogen (secondary N) is 1. The summed E-state index contributed by atoms with van der Waals surface area (Å²) in [5.41, 5.74) is 1.49. The van der Waals surface area contributed by atoms with E-state index in [9.17, 15) is 9.59 Å². The summed E-state index contributed by atoms with van der Waals surface area (Å²) >= 11 is 24.1. The van der Waals surface area contributed by atoms with Gasteiger partial charge in [-0.15, -0.1) is 0 Å². The summed E-state index contributed by atoms with van der Waals surface area (Å²) in [5, 5.41) is 4.45. The zero-order chi connectivity index (χ0) is 21.6. The molecule has 0 bridgehead atoms. The molecule has 0 saturated heterocycles. The Bertz CT molecular complexity index is 889. The smallest absolute Gasteiger partial charge is 0.242 e. The standard InChI is InChI=1S/C21H22Cl4N2O2/c1-3-8-26-21(29)13(2)27(12-15-5-7-17(23)19(25)10-15)20(28)11-14-4-6-16(22)18(24)9-14/h4-7,9-10,13H,3,8,11-12H2,1-2H3,(H,26,29)/t13-/m0/s1. The molecule has 0 saturated carbocycles. The third-order valence-corrected chi connectivity index (χ3v) is 5.87. The summed E-state index contributed by atoms with van der Waals surface area (Å²) in [6.45, 7) is 4.44. The highest BCUT2D eigenvalue weighted by Crippen LogP contribution is 2.25. The lowest BCUT2D eigenvalue weighted by Crippen LogP contribution is -2.48. The molecule has 0 radical (unpaired) electrons. The maximum Gasteiger partial charge on any atom is 0.242 e. The van der Waals surface area contributed by atoms with E-state index in [4.69, 9.17) is 46.4 Å². The van der Waals surface area contributed by atoms with E-state index in [2.05, 4.69) is 5.32 Å². The molecule has 0 aliphatic heterocycles. The number of halogens is 4. The van der Waals surface area contributed by atoms with Crippen molar-refractivity contribution in [1.82, 2.24) is 10.2 Å². The van der Waals surface area contributed by atoms with Crippen molar-refractivity contribution < 1.29 is 9.59 Å². The number of nitrogens with zero attached hydrogens (tertiary/aromatic N) is 1. The van der Waals surface area contributed by atoms with Crippen LogP contribution in [0.15, 0.2) is 36.4 Å². The van der Waals surface area contributed by atoms with Gasteiger partial charge in [0, 0.05) is 13.1 Å². The fourth-order valence-corrected chi connectivity index (χ4v) is 3.38. The Morgan fingerprint density at radius 2 is 1.48 bits per heavy atom. The Hall–Kier alpha value is -1.46. The van der Waals surface area contributed by atoms with Gasteiger partial charge < -0.3 is 10.2 Å². The maximum atomic E-state index is 13.1. The van der Waals surface area contributed by atoms with E-state index in [1.54, 1.807) is 43.3 Å². The molecule has 0 fully saturated rings. The van der Waals surface area contributed by atoms with Crippen LogP contribution in [-0.4, -0.2) is 29.3 Å². The van der Waals surface area contributed by atoms with Crippen LogP contribution in [0.4, 0.5) is 0 Å². The molecule has 0 aromatic heterocycles. The molecule has 0 spiro atoms. The van der Waals surface area contributed by atoms with Crippen LogP contribution in [0.5, 0.6) is 0 Å². The molecule has 0 heterocycles. The van der Waals surface area contributed by atoms with Gasteiger partial charge in [0.1, 0.15) is 6.04 Å². The first-order valence-electron chi connectivity index (χ1n) is 9.18. The Labute approximate surface area is 191 Å². The summed E-state index contributed by atoms with van der Waals surface area (Å²) in [7, 11) is 0. The summed E-state index contributed by atoms with van der Waals surface area (Å²) in [6, 6.07) is 9.53. The van der Waals surface area contributed by atoms with Crippen molar-refractivity contribution in [2.45, 2.75) is 39.3 Å². The van der Waals surface area contributed by atoms with E-state index >= 15 is 0 Å². The molecule has 1 atom stereocenters. The number of hydrogen-bond acceptors (Lipinski definition) is 2. The van der Waals surface area contributed by atoms with E-state index in [1.165, 1.54) is 4.90 Å². The minimum Gasteiger partial charge on any atom is -0.354 e. The van der Waals surface area contributed by atoms with Crippen molar-refractivity contribution in [2.24, 2.45) is 0 Å². The van der Waals surface area contributed by atoms with Gasteiger partial charge in [-0.3, -0.25) is 9.59 Å². The van der Waals surface area contributed by atoms with E-state index in [0.717, 1.165) is 12.0 Å². The van der Waals surface area contributed by atoms with Gasteiger partial charge in [-0.05, 0) is 48.7 Å². The third kappa shape index (κ3) is 6.78. The van der Waals surface area contributed by atoms with Gasteiger partial charge in [-0.25, -0.2) is 0 Å². The highest BCUT2D eigenvalue weighted by atomic mass is 35.5. The number of carbonyl (C=O) groups is 2. The SMILES string of the molecule is CCCNC(=O)[C@H](C)N(Cc1ccc(Cl)c(Cl)c1)C(=O)Cc1ccc(Cl)c(Cl)c1. The molecule has 0 unspecified atom stereocenters. The normalized spacial score (nSPS) is 11.8. The molecule has 1 N–H and O–H groups in total. The first-order chi connectivity index (χ1) is 13.7. The fraction of sp³-hybridized carbons (Fsp3) is 0.333. The zero-order valence-electron chi connectivity index (χ0n) is 16.1. The van der Waals surface area contributed by atoms with E-state index in [1.807, 2.05) is 6.92 Å². The largest absolute Gasteiger partial charge is 0.354 e. The van der Waals surface area contributed by atoms with Crippen molar-refractivity contribution in [3.8, 4) is 0 Å². The number of rotatable bonds is 8. The summed E-state index contributed by atoms with van der Waals surface area (Å²) in [5.74, 6) is -0.428. The van der Waals surface area contributed by atoms with E-state index in [0.29, 0.717) is 32.2 Å². The van der Waals surface area contributed by atoms with Gasteiger partial charge in [0.25, 0.3) is 0 Å². The van der Waals surface area contributed by atoms with Gasteiger partial charge in [0.15, 0.2) is 0 Å². The van der Waals surface area contributed by atoms with Crippen LogP contribution in [-0.2, 0) is 22.6 Å².